The third-order valence-electron chi connectivity index (χ3n) is 3.75. The number of carboxylic acid groups (broad SMARTS) is 1. The van der Waals surface area contributed by atoms with Gasteiger partial charge >= 0.3 is 5.97 Å². The number of aliphatic carboxylic acids is 1. The SMILES string of the molecule is CC1C(C(=O)O)CCN1c1nccn(C(C)C)c1=O. The van der Waals surface area contributed by atoms with Crippen LogP contribution in [-0.4, -0.2) is 33.2 Å². The van der Waals surface area contributed by atoms with Gasteiger partial charge in [-0.15, -0.1) is 0 Å². The highest BCUT2D eigenvalue weighted by Gasteiger charge is 2.37. The molecule has 0 aromatic carbocycles. The first-order valence-corrected chi connectivity index (χ1v) is 6.50. The smallest absolute Gasteiger partial charge is 0.308 e. The number of hydrogen-bond acceptors (Lipinski definition) is 4. The molecule has 0 saturated carbocycles. The molecule has 1 aliphatic rings. The molecule has 1 aromatic rings. The standard InChI is InChI=1S/C13H19N3O3/c1-8(2)15-7-5-14-11(12(15)17)16-6-4-10(9(16)3)13(18)19/h5,7-10H,4,6H2,1-3H3,(H,18,19). The van der Waals surface area contributed by atoms with Crippen LogP contribution in [0.2, 0.25) is 0 Å². The first kappa shape index (κ1) is 13.6. The van der Waals surface area contributed by atoms with Crippen molar-refractivity contribution in [1.82, 2.24) is 9.55 Å². The summed E-state index contributed by atoms with van der Waals surface area (Å²) in [5.74, 6) is -0.892. The molecular weight excluding hydrogens is 246 g/mol. The van der Waals surface area contributed by atoms with Crippen LogP contribution in [0.25, 0.3) is 0 Å². The molecule has 2 heterocycles. The zero-order chi connectivity index (χ0) is 14.2. The summed E-state index contributed by atoms with van der Waals surface area (Å²) < 4.78 is 1.61. The minimum atomic E-state index is -0.810. The molecule has 0 spiro atoms. The van der Waals surface area contributed by atoms with Crippen LogP contribution < -0.4 is 10.5 Å². The van der Waals surface area contributed by atoms with Crippen molar-refractivity contribution >= 4 is 11.8 Å². The van der Waals surface area contributed by atoms with Crippen LogP contribution in [0, 0.1) is 5.92 Å². The highest BCUT2D eigenvalue weighted by molar-refractivity contribution is 5.72. The first-order valence-electron chi connectivity index (χ1n) is 6.50. The third kappa shape index (κ3) is 2.34. The van der Waals surface area contributed by atoms with E-state index in [4.69, 9.17) is 5.11 Å². The number of aromatic nitrogens is 2. The van der Waals surface area contributed by atoms with Crippen molar-refractivity contribution < 1.29 is 9.90 Å². The van der Waals surface area contributed by atoms with Gasteiger partial charge in [-0.05, 0) is 27.2 Å². The van der Waals surface area contributed by atoms with E-state index in [2.05, 4.69) is 4.98 Å². The van der Waals surface area contributed by atoms with E-state index in [9.17, 15) is 9.59 Å². The lowest BCUT2D eigenvalue weighted by Crippen LogP contribution is -2.38. The van der Waals surface area contributed by atoms with Crippen molar-refractivity contribution in [1.29, 1.82) is 0 Å². The summed E-state index contributed by atoms with van der Waals surface area (Å²) in [5.41, 5.74) is -0.157. The Hall–Kier alpha value is -1.85. The molecule has 19 heavy (non-hydrogen) atoms. The number of carboxylic acids is 1. The van der Waals surface area contributed by atoms with Gasteiger partial charge in [0.25, 0.3) is 5.56 Å². The molecule has 1 N–H and O–H groups in total. The minimum Gasteiger partial charge on any atom is -0.481 e. The molecule has 2 unspecified atom stereocenters. The van der Waals surface area contributed by atoms with Crippen LogP contribution in [0.15, 0.2) is 17.2 Å². The molecule has 6 heteroatoms. The third-order valence-corrected chi connectivity index (χ3v) is 3.75. The fraction of sp³-hybridized carbons (Fsp3) is 0.615. The molecule has 104 valence electrons. The largest absolute Gasteiger partial charge is 0.481 e. The molecule has 0 bridgehead atoms. The number of hydrogen-bond donors (Lipinski definition) is 1. The summed E-state index contributed by atoms with van der Waals surface area (Å²) in [5, 5.41) is 9.13. The van der Waals surface area contributed by atoms with E-state index in [0.717, 1.165) is 0 Å². The summed E-state index contributed by atoms with van der Waals surface area (Å²) in [6.45, 7) is 6.25. The monoisotopic (exact) mass is 265 g/mol. The molecule has 1 aliphatic heterocycles. The lowest BCUT2D eigenvalue weighted by atomic mass is 10.0. The predicted molar refractivity (Wildman–Crippen MR) is 71.4 cm³/mol. The van der Waals surface area contributed by atoms with Gasteiger partial charge < -0.3 is 14.6 Å². The molecule has 6 nitrogen and oxygen atoms in total. The van der Waals surface area contributed by atoms with E-state index < -0.39 is 11.9 Å². The Morgan fingerprint density at radius 2 is 2.21 bits per heavy atom. The average molecular weight is 265 g/mol. The van der Waals surface area contributed by atoms with Gasteiger partial charge in [-0.25, -0.2) is 4.98 Å². The van der Waals surface area contributed by atoms with Crippen molar-refractivity contribution in [3.05, 3.63) is 22.7 Å². The first-order chi connectivity index (χ1) is 8.93. The maximum absolute atomic E-state index is 12.3. The van der Waals surface area contributed by atoms with Gasteiger partial charge in [-0.2, -0.15) is 0 Å². The fourth-order valence-corrected chi connectivity index (χ4v) is 2.59. The zero-order valence-corrected chi connectivity index (χ0v) is 11.4. The van der Waals surface area contributed by atoms with Crippen LogP contribution in [-0.2, 0) is 4.79 Å². The van der Waals surface area contributed by atoms with Crippen LogP contribution in [0.4, 0.5) is 5.82 Å². The Kier molecular flexibility index (Phi) is 3.59. The Balaban J connectivity index is 2.36. The van der Waals surface area contributed by atoms with E-state index in [0.29, 0.717) is 18.8 Å². The lowest BCUT2D eigenvalue weighted by molar-refractivity contribution is -0.141. The van der Waals surface area contributed by atoms with E-state index in [1.807, 2.05) is 20.8 Å². The molecule has 0 aliphatic carbocycles. The van der Waals surface area contributed by atoms with Gasteiger partial charge in [0.15, 0.2) is 5.82 Å². The Morgan fingerprint density at radius 3 is 2.74 bits per heavy atom. The van der Waals surface area contributed by atoms with Crippen LogP contribution in [0.1, 0.15) is 33.2 Å². The number of rotatable bonds is 3. The van der Waals surface area contributed by atoms with Gasteiger partial charge in [0.05, 0.1) is 5.92 Å². The second-order valence-corrected chi connectivity index (χ2v) is 5.22. The quantitative estimate of drug-likeness (QED) is 0.886. The lowest BCUT2D eigenvalue weighted by Gasteiger charge is -2.24. The van der Waals surface area contributed by atoms with Gasteiger partial charge in [0.1, 0.15) is 0 Å². The summed E-state index contributed by atoms with van der Waals surface area (Å²) in [4.78, 5) is 29.4. The second kappa shape index (κ2) is 5.03. The van der Waals surface area contributed by atoms with E-state index in [1.54, 1.807) is 21.9 Å². The van der Waals surface area contributed by atoms with E-state index in [1.165, 1.54) is 0 Å². The minimum absolute atomic E-state index is 0.0578. The highest BCUT2D eigenvalue weighted by atomic mass is 16.4. The second-order valence-electron chi connectivity index (χ2n) is 5.22. The highest BCUT2D eigenvalue weighted by Crippen LogP contribution is 2.26. The molecular formula is C13H19N3O3. The Labute approximate surface area is 111 Å². The molecule has 0 radical (unpaired) electrons. The van der Waals surface area contributed by atoms with Crippen molar-refractivity contribution in [3.63, 3.8) is 0 Å². The van der Waals surface area contributed by atoms with Crippen molar-refractivity contribution in [2.45, 2.75) is 39.3 Å². The molecule has 2 rings (SSSR count). The van der Waals surface area contributed by atoms with Crippen LogP contribution >= 0.6 is 0 Å². The molecule has 0 amide bonds. The Bertz CT molecular complexity index is 538. The van der Waals surface area contributed by atoms with Crippen LogP contribution in [0.5, 0.6) is 0 Å². The summed E-state index contributed by atoms with van der Waals surface area (Å²) >= 11 is 0. The van der Waals surface area contributed by atoms with Gasteiger partial charge in [-0.3, -0.25) is 9.59 Å². The topological polar surface area (TPSA) is 75.4 Å². The van der Waals surface area contributed by atoms with Crippen molar-refractivity contribution in [3.8, 4) is 0 Å². The molecule has 2 atom stereocenters. The van der Waals surface area contributed by atoms with Crippen molar-refractivity contribution in [2.24, 2.45) is 5.92 Å². The maximum atomic E-state index is 12.3. The number of anilines is 1. The summed E-state index contributed by atoms with van der Waals surface area (Å²) in [6.07, 6.45) is 3.80. The summed E-state index contributed by atoms with van der Waals surface area (Å²) in [7, 11) is 0. The molecule has 1 saturated heterocycles. The van der Waals surface area contributed by atoms with E-state index in [-0.39, 0.29) is 17.6 Å². The molecule has 1 aromatic heterocycles. The maximum Gasteiger partial charge on any atom is 0.308 e. The van der Waals surface area contributed by atoms with Crippen LogP contribution in [0.3, 0.4) is 0 Å². The van der Waals surface area contributed by atoms with Gasteiger partial charge in [-0.1, -0.05) is 0 Å². The Morgan fingerprint density at radius 1 is 1.53 bits per heavy atom. The number of carbonyl (C=O) groups is 1. The average Bonchev–Trinajstić information content (AvgIpc) is 2.71. The van der Waals surface area contributed by atoms with Gasteiger partial charge in [0, 0.05) is 31.0 Å². The normalized spacial score (nSPS) is 23.1. The van der Waals surface area contributed by atoms with Crippen molar-refractivity contribution in [2.75, 3.05) is 11.4 Å². The van der Waals surface area contributed by atoms with E-state index >= 15 is 0 Å². The van der Waals surface area contributed by atoms with Gasteiger partial charge in [0.2, 0.25) is 0 Å². The predicted octanol–water partition coefficient (Wildman–Crippen LogP) is 1.12. The zero-order valence-electron chi connectivity index (χ0n) is 11.4. The summed E-state index contributed by atoms with van der Waals surface area (Å²) in [6, 6.07) is -0.150. The molecule has 1 fully saturated rings. The number of nitrogens with zero attached hydrogens (tertiary/aromatic N) is 3. The fourth-order valence-electron chi connectivity index (χ4n) is 2.59.